The van der Waals surface area contributed by atoms with Gasteiger partial charge in [-0.15, -0.1) is 11.8 Å². The van der Waals surface area contributed by atoms with Crippen LogP contribution in [0.1, 0.15) is 28.4 Å². The van der Waals surface area contributed by atoms with Gasteiger partial charge in [-0.1, -0.05) is 29.8 Å². The Kier molecular flexibility index (Phi) is 5.62. The lowest BCUT2D eigenvalue weighted by atomic mass is 10.0. The van der Waals surface area contributed by atoms with Crippen LogP contribution in [0.25, 0.3) is 0 Å². The maximum Gasteiger partial charge on any atom is 0.253 e. The van der Waals surface area contributed by atoms with E-state index < -0.39 is 10.0 Å². The molecule has 2 aromatic rings. The molecule has 0 saturated heterocycles. The van der Waals surface area contributed by atoms with Crippen LogP contribution >= 0.6 is 23.4 Å². The molecule has 5 nitrogen and oxygen atoms in total. The third-order valence-electron chi connectivity index (χ3n) is 4.22. The van der Waals surface area contributed by atoms with Gasteiger partial charge in [-0.2, -0.15) is 0 Å². The van der Waals surface area contributed by atoms with E-state index >= 15 is 0 Å². The van der Waals surface area contributed by atoms with Crippen LogP contribution in [0.2, 0.25) is 5.02 Å². The number of sulfonamides is 1. The van der Waals surface area contributed by atoms with Crippen LogP contribution in [0.15, 0.2) is 52.3 Å². The first-order chi connectivity index (χ1) is 12.3. The van der Waals surface area contributed by atoms with Crippen LogP contribution in [0, 0.1) is 0 Å². The average molecular weight is 411 g/mol. The quantitative estimate of drug-likeness (QED) is 0.836. The molecule has 1 atom stereocenters. The monoisotopic (exact) mass is 410 g/mol. The molecule has 0 saturated carbocycles. The van der Waals surface area contributed by atoms with Gasteiger partial charge in [0.2, 0.25) is 10.0 Å². The van der Waals surface area contributed by atoms with Gasteiger partial charge in [0.1, 0.15) is 0 Å². The highest BCUT2D eigenvalue weighted by molar-refractivity contribution is 7.99. The number of fused-ring (bicyclic) bond motifs is 1. The van der Waals surface area contributed by atoms with E-state index in [-0.39, 0.29) is 27.4 Å². The third kappa shape index (κ3) is 3.76. The number of benzene rings is 2. The van der Waals surface area contributed by atoms with Crippen molar-refractivity contribution in [3.63, 3.8) is 0 Å². The number of hydrogen-bond acceptors (Lipinski definition) is 4. The van der Waals surface area contributed by atoms with Gasteiger partial charge in [-0.05, 0) is 36.2 Å². The Morgan fingerprint density at radius 3 is 2.69 bits per heavy atom. The molecule has 0 bridgehead atoms. The molecule has 2 aromatic carbocycles. The number of nitrogens with one attached hydrogen (secondary N) is 1. The summed E-state index contributed by atoms with van der Waals surface area (Å²) in [6.45, 7) is 0. The molecule has 0 aliphatic carbocycles. The summed E-state index contributed by atoms with van der Waals surface area (Å²) in [5, 5.41) is 3.22. The Balaban J connectivity index is 1.90. The predicted octanol–water partition coefficient (Wildman–Crippen LogP) is 3.56. The number of carbonyl (C=O) groups is 1. The van der Waals surface area contributed by atoms with E-state index in [1.807, 2.05) is 24.3 Å². The van der Waals surface area contributed by atoms with Gasteiger partial charge in [0, 0.05) is 24.7 Å². The van der Waals surface area contributed by atoms with Crippen molar-refractivity contribution in [3.8, 4) is 0 Å². The van der Waals surface area contributed by atoms with Crippen LogP contribution in [-0.4, -0.2) is 38.5 Å². The zero-order chi connectivity index (χ0) is 18.9. The van der Waals surface area contributed by atoms with Crippen molar-refractivity contribution in [2.24, 2.45) is 0 Å². The van der Waals surface area contributed by atoms with Crippen molar-refractivity contribution >= 4 is 39.3 Å². The van der Waals surface area contributed by atoms with Crippen LogP contribution in [0.3, 0.4) is 0 Å². The van der Waals surface area contributed by atoms with E-state index in [0.717, 1.165) is 26.9 Å². The third-order valence-corrected chi connectivity index (χ3v) is 7.49. The smallest absolute Gasteiger partial charge is 0.253 e. The summed E-state index contributed by atoms with van der Waals surface area (Å²) in [6.07, 6.45) is 0.806. The average Bonchev–Trinajstić information content (AvgIpc) is 2.62. The number of rotatable bonds is 4. The van der Waals surface area contributed by atoms with Gasteiger partial charge in [0.05, 0.1) is 21.5 Å². The van der Waals surface area contributed by atoms with Gasteiger partial charge in [0.25, 0.3) is 5.91 Å². The van der Waals surface area contributed by atoms with E-state index in [9.17, 15) is 13.2 Å². The summed E-state index contributed by atoms with van der Waals surface area (Å²) in [5.41, 5.74) is 1.23. The van der Waals surface area contributed by atoms with E-state index in [4.69, 9.17) is 11.6 Å². The van der Waals surface area contributed by atoms with Gasteiger partial charge < -0.3 is 5.32 Å². The Hall–Kier alpha value is -1.54. The molecule has 138 valence electrons. The SMILES string of the molecule is CN(C)S(=O)(=O)c1ccc(Cl)c(C(=O)N[C@@H]2CCSc3ccccc32)c1. The van der Waals surface area contributed by atoms with Gasteiger partial charge in [-0.25, -0.2) is 12.7 Å². The minimum absolute atomic E-state index is 0.0386. The fourth-order valence-electron chi connectivity index (χ4n) is 2.78. The van der Waals surface area contributed by atoms with Crippen LogP contribution in [0.5, 0.6) is 0 Å². The number of halogens is 1. The summed E-state index contributed by atoms with van der Waals surface area (Å²) in [4.78, 5) is 14.0. The van der Waals surface area contributed by atoms with Crippen molar-refractivity contribution in [1.82, 2.24) is 9.62 Å². The molecule has 1 N–H and O–H groups in total. The second kappa shape index (κ2) is 7.60. The Morgan fingerprint density at radius 2 is 1.96 bits per heavy atom. The molecule has 8 heteroatoms. The van der Waals surface area contributed by atoms with E-state index in [1.165, 1.54) is 32.3 Å². The highest BCUT2D eigenvalue weighted by Crippen LogP contribution is 2.36. The normalized spacial score (nSPS) is 17.0. The first kappa shape index (κ1) is 19.2. The number of thioether (sulfide) groups is 1. The van der Waals surface area contributed by atoms with Crippen molar-refractivity contribution in [3.05, 3.63) is 58.6 Å². The lowest BCUT2D eigenvalue weighted by Crippen LogP contribution is -2.31. The van der Waals surface area contributed by atoms with Crippen molar-refractivity contribution in [2.75, 3.05) is 19.8 Å². The Morgan fingerprint density at radius 1 is 1.23 bits per heavy atom. The second-order valence-electron chi connectivity index (χ2n) is 6.13. The van der Waals surface area contributed by atoms with Gasteiger partial charge in [0.15, 0.2) is 0 Å². The Bertz CT molecular complexity index is 945. The minimum Gasteiger partial charge on any atom is -0.345 e. The number of amides is 1. The highest BCUT2D eigenvalue weighted by Gasteiger charge is 2.25. The molecule has 1 aliphatic heterocycles. The molecule has 0 radical (unpaired) electrons. The van der Waals surface area contributed by atoms with Gasteiger partial charge in [-0.3, -0.25) is 4.79 Å². The fourth-order valence-corrected chi connectivity index (χ4v) is 5.03. The largest absolute Gasteiger partial charge is 0.345 e. The van der Waals surface area contributed by atoms with E-state index in [1.54, 1.807) is 11.8 Å². The summed E-state index contributed by atoms with van der Waals surface area (Å²) in [6, 6.07) is 12.0. The highest BCUT2D eigenvalue weighted by atomic mass is 35.5. The minimum atomic E-state index is -3.64. The zero-order valence-corrected chi connectivity index (χ0v) is 16.8. The predicted molar refractivity (Wildman–Crippen MR) is 104 cm³/mol. The van der Waals surface area contributed by atoms with E-state index in [0.29, 0.717) is 0 Å². The summed E-state index contributed by atoms with van der Waals surface area (Å²) in [7, 11) is -0.751. The number of hydrogen-bond donors (Lipinski definition) is 1. The van der Waals surface area contributed by atoms with Crippen LogP contribution < -0.4 is 5.32 Å². The number of nitrogens with zero attached hydrogens (tertiary/aromatic N) is 1. The summed E-state index contributed by atoms with van der Waals surface area (Å²) < 4.78 is 25.7. The number of carbonyl (C=O) groups excluding carboxylic acids is 1. The molecule has 0 unspecified atom stereocenters. The first-order valence-corrected chi connectivity index (χ1v) is 10.9. The molecule has 0 fully saturated rings. The first-order valence-electron chi connectivity index (χ1n) is 8.05. The van der Waals surface area contributed by atoms with Crippen LogP contribution in [0.4, 0.5) is 0 Å². The van der Waals surface area contributed by atoms with Crippen molar-refractivity contribution in [2.45, 2.75) is 22.3 Å². The van der Waals surface area contributed by atoms with Crippen molar-refractivity contribution < 1.29 is 13.2 Å². The second-order valence-corrected chi connectivity index (χ2v) is 9.83. The standard InChI is InChI=1S/C18H19ClN2O3S2/c1-21(2)26(23,24)12-7-8-15(19)14(11-12)18(22)20-16-9-10-25-17-6-4-3-5-13(16)17/h3-8,11,16H,9-10H2,1-2H3,(H,20,22)/t16-/m1/s1. The Labute approximate surface area is 162 Å². The molecule has 1 amide bonds. The maximum atomic E-state index is 12.8. The van der Waals surface area contributed by atoms with Gasteiger partial charge >= 0.3 is 0 Å². The van der Waals surface area contributed by atoms with E-state index in [2.05, 4.69) is 5.32 Å². The lowest BCUT2D eigenvalue weighted by molar-refractivity contribution is 0.0935. The maximum absolute atomic E-state index is 12.8. The molecule has 26 heavy (non-hydrogen) atoms. The summed E-state index contributed by atoms with van der Waals surface area (Å²) in [5.74, 6) is 0.530. The molecule has 1 aliphatic rings. The molecular weight excluding hydrogens is 392 g/mol. The molecule has 1 heterocycles. The molecule has 3 rings (SSSR count). The molecule has 0 aromatic heterocycles. The topological polar surface area (TPSA) is 66.5 Å². The zero-order valence-electron chi connectivity index (χ0n) is 14.4. The lowest BCUT2D eigenvalue weighted by Gasteiger charge is -2.26. The molecular formula is C18H19ClN2O3S2. The van der Waals surface area contributed by atoms with Crippen LogP contribution in [-0.2, 0) is 10.0 Å². The molecule has 0 spiro atoms. The van der Waals surface area contributed by atoms with Crippen molar-refractivity contribution in [1.29, 1.82) is 0 Å². The fraction of sp³-hybridized carbons (Fsp3) is 0.278. The summed E-state index contributed by atoms with van der Waals surface area (Å²) >= 11 is 7.93.